The fourth-order valence-electron chi connectivity index (χ4n) is 1.40. The fraction of sp³-hybridized carbons (Fsp3) is 1.00. The largest absolute Gasteiger partial charge is 0.330 e. The quantitative estimate of drug-likeness (QED) is 0.640. The van der Waals surface area contributed by atoms with E-state index in [0.29, 0.717) is 32.0 Å². The normalized spacial score (nSPS) is 12.7. The molecule has 92 valence electrons. The van der Waals surface area contributed by atoms with Crippen molar-refractivity contribution in [3.63, 3.8) is 0 Å². The first-order chi connectivity index (χ1) is 6.94. The van der Waals surface area contributed by atoms with Crippen molar-refractivity contribution in [2.75, 3.05) is 25.4 Å². The number of nitrogens with two attached hydrogens (primary N) is 1. The molecule has 0 saturated heterocycles. The van der Waals surface area contributed by atoms with Gasteiger partial charge in [-0.05, 0) is 25.3 Å². The maximum atomic E-state index is 11.9. The minimum atomic E-state index is -3.06. The summed E-state index contributed by atoms with van der Waals surface area (Å²) in [4.78, 5) is 0. The lowest BCUT2D eigenvalue weighted by Gasteiger charge is -2.22. The molecule has 4 nitrogen and oxygen atoms in total. The van der Waals surface area contributed by atoms with Crippen molar-refractivity contribution < 1.29 is 8.42 Å². The highest BCUT2D eigenvalue weighted by atomic mass is 32.2. The van der Waals surface area contributed by atoms with Crippen molar-refractivity contribution >= 4 is 10.0 Å². The second-order valence-electron chi connectivity index (χ2n) is 4.16. The Balaban J connectivity index is 4.26. The second kappa shape index (κ2) is 7.19. The Hall–Kier alpha value is -0.130. The minimum Gasteiger partial charge on any atom is -0.330 e. The summed E-state index contributed by atoms with van der Waals surface area (Å²) in [5.41, 5.74) is 5.34. The zero-order valence-electron chi connectivity index (χ0n) is 10.1. The number of rotatable bonds is 8. The molecule has 0 fully saturated rings. The molecule has 0 unspecified atom stereocenters. The van der Waals surface area contributed by atoms with Crippen LogP contribution in [0.4, 0.5) is 0 Å². The van der Waals surface area contributed by atoms with Crippen LogP contribution < -0.4 is 5.73 Å². The molecule has 0 rings (SSSR count). The van der Waals surface area contributed by atoms with E-state index in [4.69, 9.17) is 5.73 Å². The summed E-state index contributed by atoms with van der Waals surface area (Å²) in [5, 5.41) is 0. The van der Waals surface area contributed by atoms with Crippen molar-refractivity contribution in [1.82, 2.24) is 4.31 Å². The van der Waals surface area contributed by atoms with E-state index >= 15 is 0 Å². The van der Waals surface area contributed by atoms with Gasteiger partial charge < -0.3 is 5.73 Å². The van der Waals surface area contributed by atoms with Gasteiger partial charge in [0.15, 0.2) is 0 Å². The Morgan fingerprint density at radius 2 is 1.87 bits per heavy atom. The van der Waals surface area contributed by atoms with Gasteiger partial charge in [-0.2, -0.15) is 0 Å². The Morgan fingerprint density at radius 3 is 2.27 bits per heavy atom. The molecule has 0 aliphatic rings. The van der Waals surface area contributed by atoms with E-state index in [1.54, 1.807) is 4.31 Å². The van der Waals surface area contributed by atoms with Gasteiger partial charge in [-0.25, -0.2) is 12.7 Å². The number of hydrogen-bond acceptors (Lipinski definition) is 3. The molecule has 0 aromatic heterocycles. The van der Waals surface area contributed by atoms with Gasteiger partial charge in [0.05, 0.1) is 5.75 Å². The third-order valence-corrected chi connectivity index (χ3v) is 4.17. The topological polar surface area (TPSA) is 63.4 Å². The average molecular weight is 236 g/mol. The zero-order valence-corrected chi connectivity index (χ0v) is 10.9. The molecule has 0 aliphatic carbocycles. The van der Waals surface area contributed by atoms with E-state index in [-0.39, 0.29) is 5.75 Å². The van der Waals surface area contributed by atoms with Gasteiger partial charge in [-0.15, -0.1) is 0 Å². The molecule has 0 bridgehead atoms. The SMILES string of the molecule is CCN(CC(C)C)S(=O)(=O)CCCCN. The van der Waals surface area contributed by atoms with E-state index in [2.05, 4.69) is 0 Å². The molecule has 0 spiro atoms. The predicted molar refractivity (Wildman–Crippen MR) is 64.2 cm³/mol. The smallest absolute Gasteiger partial charge is 0.214 e. The summed E-state index contributed by atoms with van der Waals surface area (Å²) in [5.74, 6) is 0.597. The summed E-state index contributed by atoms with van der Waals surface area (Å²) < 4.78 is 25.3. The van der Waals surface area contributed by atoms with Gasteiger partial charge in [-0.1, -0.05) is 20.8 Å². The highest BCUT2D eigenvalue weighted by molar-refractivity contribution is 7.89. The lowest BCUT2D eigenvalue weighted by atomic mass is 10.2. The van der Waals surface area contributed by atoms with Crippen LogP contribution in [0.5, 0.6) is 0 Å². The van der Waals surface area contributed by atoms with E-state index in [1.165, 1.54) is 0 Å². The molecule has 0 amide bonds. The molecule has 0 aromatic carbocycles. The van der Waals surface area contributed by atoms with Gasteiger partial charge >= 0.3 is 0 Å². The average Bonchev–Trinajstić information content (AvgIpc) is 2.14. The van der Waals surface area contributed by atoms with Crippen molar-refractivity contribution in [1.29, 1.82) is 0 Å². The van der Waals surface area contributed by atoms with Gasteiger partial charge in [0.2, 0.25) is 10.0 Å². The lowest BCUT2D eigenvalue weighted by Crippen LogP contribution is -2.35. The molecule has 0 aromatic rings. The first kappa shape index (κ1) is 14.9. The van der Waals surface area contributed by atoms with E-state index < -0.39 is 10.0 Å². The van der Waals surface area contributed by atoms with Gasteiger partial charge in [0.1, 0.15) is 0 Å². The fourth-order valence-corrected chi connectivity index (χ4v) is 3.15. The number of nitrogens with zero attached hydrogens (tertiary/aromatic N) is 1. The van der Waals surface area contributed by atoms with Crippen LogP contribution in [0.25, 0.3) is 0 Å². The molecule has 0 radical (unpaired) electrons. The van der Waals surface area contributed by atoms with Crippen LogP contribution in [0.2, 0.25) is 0 Å². The van der Waals surface area contributed by atoms with Crippen molar-refractivity contribution in [3.05, 3.63) is 0 Å². The zero-order chi connectivity index (χ0) is 11.9. The Morgan fingerprint density at radius 1 is 1.27 bits per heavy atom. The molecule has 0 aliphatic heterocycles. The maximum Gasteiger partial charge on any atom is 0.214 e. The Bertz CT molecular complexity index is 250. The molecule has 2 N–H and O–H groups in total. The highest BCUT2D eigenvalue weighted by Crippen LogP contribution is 2.07. The van der Waals surface area contributed by atoms with Crippen molar-refractivity contribution in [3.8, 4) is 0 Å². The van der Waals surface area contributed by atoms with E-state index in [0.717, 1.165) is 6.42 Å². The first-order valence-electron chi connectivity index (χ1n) is 5.62. The monoisotopic (exact) mass is 236 g/mol. The van der Waals surface area contributed by atoms with Crippen LogP contribution in [0.1, 0.15) is 33.6 Å². The molecule has 0 saturated carbocycles. The summed E-state index contributed by atoms with van der Waals surface area (Å²) in [6.45, 7) is 7.66. The number of unbranched alkanes of at least 4 members (excludes halogenated alkanes) is 1. The number of sulfonamides is 1. The Labute approximate surface area is 93.9 Å². The highest BCUT2D eigenvalue weighted by Gasteiger charge is 2.20. The van der Waals surface area contributed by atoms with E-state index in [1.807, 2.05) is 20.8 Å². The standard InChI is InChI=1S/C10H24N2O2S/c1-4-12(9-10(2)3)15(13,14)8-6-5-7-11/h10H,4-9,11H2,1-3H3. The van der Waals surface area contributed by atoms with Crippen LogP contribution in [0, 0.1) is 5.92 Å². The van der Waals surface area contributed by atoms with Crippen LogP contribution in [-0.4, -0.2) is 38.1 Å². The van der Waals surface area contributed by atoms with Crippen molar-refractivity contribution in [2.24, 2.45) is 11.7 Å². The summed E-state index contributed by atoms with van der Waals surface area (Å²) in [7, 11) is -3.06. The molecular weight excluding hydrogens is 212 g/mol. The van der Waals surface area contributed by atoms with Gasteiger partial charge in [-0.3, -0.25) is 0 Å². The number of hydrogen-bond donors (Lipinski definition) is 1. The summed E-state index contributed by atoms with van der Waals surface area (Å²) in [6.07, 6.45) is 1.44. The molecule has 15 heavy (non-hydrogen) atoms. The predicted octanol–water partition coefficient (Wildman–Crippen LogP) is 1.03. The molecule has 0 atom stereocenters. The van der Waals surface area contributed by atoms with Crippen LogP contribution in [0.3, 0.4) is 0 Å². The summed E-state index contributed by atoms with van der Waals surface area (Å²) in [6, 6.07) is 0. The molecule has 5 heteroatoms. The second-order valence-corrected chi connectivity index (χ2v) is 6.24. The third kappa shape index (κ3) is 6.12. The minimum absolute atomic E-state index is 0.227. The maximum absolute atomic E-state index is 11.9. The van der Waals surface area contributed by atoms with Crippen molar-refractivity contribution in [2.45, 2.75) is 33.6 Å². The first-order valence-corrected chi connectivity index (χ1v) is 7.22. The van der Waals surface area contributed by atoms with E-state index in [9.17, 15) is 8.42 Å². The molecule has 0 heterocycles. The lowest BCUT2D eigenvalue weighted by molar-refractivity contribution is 0.380. The van der Waals surface area contributed by atoms with Crippen LogP contribution >= 0.6 is 0 Å². The third-order valence-electron chi connectivity index (χ3n) is 2.17. The van der Waals surface area contributed by atoms with Gasteiger partial charge in [0, 0.05) is 13.1 Å². The Kier molecular flexibility index (Phi) is 7.13. The molecular formula is C10H24N2O2S. The summed E-state index contributed by atoms with van der Waals surface area (Å²) >= 11 is 0. The van der Waals surface area contributed by atoms with Crippen LogP contribution in [0.15, 0.2) is 0 Å². The van der Waals surface area contributed by atoms with Gasteiger partial charge in [0.25, 0.3) is 0 Å². The van der Waals surface area contributed by atoms with Crippen LogP contribution in [-0.2, 0) is 10.0 Å².